The maximum Gasteiger partial charge on any atom is 0.264 e. The van der Waals surface area contributed by atoms with Crippen molar-refractivity contribution in [3.63, 3.8) is 0 Å². The Morgan fingerprint density at radius 1 is 1.06 bits per heavy atom. The summed E-state index contributed by atoms with van der Waals surface area (Å²) in [6, 6.07) is 10.4. The number of hydrogen-bond donors (Lipinski definition) is 3. The molecule has 0 aliphatic heterocycles. The Kier molecular flexibility index (Phi) is 10.7. The van der Waals surface area contributed by atoms with E-state index in [1.807, 2.05) is 6.92 Å². The lowest BCUT2D eigenvalue weighted by Crippen LogP contribution is -2.09. The lowest BCUT2D eigenvalue weighted by molar-refractivity contribution is -0.432. The molecule has 0 aromatic heterocycles. The molecule has 0 atom stereocenters. The lowest BCUT2D eigenvalue weighted by atomic mass is 10.1. The van der Waals surface area contributed by atoms with Gasteiger partial charge in [-0.05, 0) is 55.7 Å². The van der Waals surface area contributed by atoms with E-state index in [-0.39, 0.29) is 13.0 Å². The average Bonchev–Trinajstić information content (AvgIpc) is 2.74. The van der Waals surface area contributed by atoms with Crippen LogP contribution in [-0.2, 0) is 19.5 Å². The van der Waals surface area contributed by atoms with Crippen LogP contribution in [0.1, 0.15) is 18.4 Å². The van der Waals surface area contributed by atoms with Gasteiger partial charge in [-0.3, -0.25) is 4.55 Å². The number of aryl methyl sites for hydroxylation is 1. The van der Waals surface area contributed by atoms with E-state index in [1.165, 1.54) is 0 Å². The first kappa shape index (κ1) is 25.8. The van der Waals surface area contributed by atoms with Gasteiger partial charge in [-0.15, -0.1) is 4.33 Å². The molecule has 0 aliphatic rings. The molecule has 0 spiro atoms. The van der Waals surface area contributed by atoms with Crippen molar-refractivity contribution in [3.8, 4) is 11.5 Å². The third-order valence-corrected chi connectivity index (χ3v) is 5.38. The minimum atomic E-state index is -4.03. The van der Waals surface area contributed by atoms with Crippen LogP contribution in [0, 0.1) is 6.92 Å². The van der Waals surface area contributed by atoms with Crippen LogP contribution in [0.15, 0.2) is 46.6 Å². The van der Waals surface area contributed by atoms with Crippen molar-refractivity contribution >= 4 is 39.2 Å². The van der Waals surface area contributed by atoms with E-state index < -0.39 is 15.9 Å². The van der Waals surface area contributed by atoms with E-state index in [2.05, 4.69) is 19.6 Å². The number of rotatable bonds is 14. The predicted molar refractivity (Wildman–Crippen MR) is 120 cm³/mol. The molecule has 0 amide bonds. The number of nitrogens with two attached hydrogens (primary N) is 1. The normalized spacial score (nSPS) is 11.7. The Bertz CT molecular complexity index is 985. The maximum absolute atomic E-state index is 10.8. The SMILES string of the molecule is Cc1cc(N)c(OCCCS(=O)(=O)O)cc1N=Nc1ccc(OCCCSOOO)cc1. The van der Waals surface area contributed by atoms with Crippen molar-refractivity contribution < 1.29 is 37.1 Å². The molecule has 2 aromatic rings. The third kappa shape index (κ3) is 9.80. The minimum Gasteiger partial charge on any atom is -0.494 e. The highest BCUT2D eigenvalue weighted by atomic mass is 32.2. The van der Waals surface area contributed by atoms with E-state index in [4.69, 9.17) is 25.0 Å². The van der Waals surface area contributed by atoms with Gasteiger partial charge in [-0.25, -0.2) is 5.26 Å². The molecule has 0 heterocycles. The molecule has 0 saturated heterocycles. The average molecular weight is 488 g/mol. The second kappa shape index (κ2) is 13.2. The van der Waals surface area contributed by atoms with Gasteiger partial charge in [0.2, 0.25) is 0 Å². The van der Waals surface area contributed by atoms with Gasteiger partial charge in [0.1, 0.15) is 11.5 Å². The second-order valence-corrected chi connectivity index (χ2v) is 8.88. The second-order valence-electron chi connectivity index (χ2n) is 6.53. The van der Waals surface area contributed by atoms with E-state index in [1.54, 1.807) is 36.4 Å². The molecule has 0 fully saturated rings. The fourth-order valence-corrected chi connectivity index (χ4v) is 3.27. The first-order valence-corrected chi connectivity index (χ1v) is 12.0. The summed E-state index contributed by atoms with van der Waals surface area (Å²) < 4.78 is 45.7. The lowest BCUT2D eigenvalue weighted by Gasteiger charge is -2.10. The summed E-state index contributed by atoms with van der Waals surface area (Å²) in [5.74, 6) is 1.24. The van der Waals surface area contributed by atoms with Gasteiger partial charge in [-0.1, -0.05) is 5.04 Å². The van der Waals surface area contributed by atoms with Gasteiger partial charge in [0.15, 0.2) is 0 Å². The summed E-state index contributed by atoms with van der Waals surface area (Å²) in [6.45, 7) is 2.38. The summed E-state index contributed by atoms with van der Waals surface area (Å²) in [5, 5.41) is 20.0. The van der Waals surface area contributed by atoms with Gasteiger partial charge < -0.3 is 15.2 Å². The van der Waals surface area contributed by atoms with E-state index >= 15 is 0 Å². The van der Waals surface area contributed by atoms with Gasteiger partial charge >= 0.3 is 0 Å². The first-order valence-electron chi connectivity index (χ1n) is 9.51. The van der Waals surface area contributed by atoms with Gasteiger partial charge in [0.05, 0.1) is 36.0 Å². The highest BCUT2D eigenvalue weighted by molar-refractivity contribution is 7.94. The van der Waals surface area contributed by atoms with Crippen LogP contribution in [0.2, 0.25) is 0 Å². The molecule has 13 heteroatoms. The van der Waals surface area contributed by atoms with Crippen LogP contribution in [0.3, 0.4) is 0 Å². The Labute approximate surface area is 190 Å². The molecule has 2 aromatic carbocycles. The standard InChI is InChI=1S/C19H25N3O8S2/c1-14-12-17(20)19(28-9-3-11-32(24,25)26)13-18(14)22-21-15-4-6-16(7-5-15)27-8-2-10-31-30-29-23/h4-7,12-13,23H,2-3,8-11,20H2,1H3,(H,24,25,26). The van der Waals surface area contributed by atoms with Crippen molar-refractivity contribution in [1.29, 1.82) is 0 Å². The van der Waals surface area contributed by atoms with Crippen molar-refractivity contribution in [2.24, 2.45) is 10.2 Å². The van der Waals surface area contributed by atoms with Crippen LogP contribution < -0.4 is 15.2 Å². The highest BCUT2D eigenvalue weighted by Crippen LogP contribution is 2.32. The number of nitrogens with zero attached hydrogens (tertiary/aromatic N) is 2. The van der Waals surface area contributed by atoms with Crippen LogP contribution >= 0.6 is 12.0 Å². The summed E-state index contributed by atoms with van der Waals surface area (Å²) in [7, 11) is -4.03. The Hall–Kier alpha value is -2.42. The maximum atomic E-state index is 10.8. The fraction of sp³-hybridized carbons (Fsp3) is 0.368. The van der Waals surface area contributed by atoms with Crippen molar-refractivity contribution in [2.75, 3.05) is 30.5 Å². The molecular weight excluding hydrogens is 462 g/mol. The van der Waals surface area contributed by atoms with E-state index in [0.29, 0.717) is 47.3 Å². The molecule has 176 valence electrons. The zero-order chi connectivity index (χ0) is 23.4. The van der Waals surface area contributed by atoms with Crippen LogP contribution in [-0.4, -0.2) is 42.9 Å². The quantitative estimate of drug-likeness (QED) is 0.0658. The number of azo groups is 1. The molecule has 0 aliphatic carbocycles. The Balaban J connectivity index is 1.91. The molecule has 2 rings (SSSR count). The zero-order valence-electron chi connectivity index (χ0n) is 17.3. The largest absolute Gasteiger partial charge is 0.494 e. The third-order valence-electron chi connectivity index (χ3n) is 3.96. The highest BCUT2D eigenvalue weighted by Gasteiger charge is 2.08. The Morgan fingerprint density at radius 3 is 2.47 bits per heavy atom. The number of ether oxygens (including phenoxy) is 2. The van der Waals surface area contributed by atoms with Gasteiger partial charge in [0, 0.05) is 23.9 Å². The monoisotopic (exact) mass is 487 g/mol. The number of hydrogen-bond acceptors (Lipinski definition) is 11. The predicted octanol–water partition coefficient (Wildman–Crippen LogP) is 4.49. The molecule has 32 heavy (non-hydrogen) atoms. The molecule has 4 N–H and O–H groups in total. The van der Waals surface area contributed by atoms with Gasteiger partial charge in [-0.2, -0.15) is 18.6 Å². The summed E-state index contributed by atoms with van der Waals surface area (Å²) >= 11 is 0.974. The summed E-state index contributed by atoms with van der Waals surface area (Å²) in [6.07, 6.45) is 0.827. The van der Waals surface area contributed by atoms with E-state index in [9.17, 15) is 8.42 Å². The fourth-order valence-electron chi connectivity index (χ4n) is 2.44. The zero-order valence-corrected chi connectivity index (χ0v) is 19.0. The summed E-state index contributed by atoms with van der Waals surface area (Å²) in [5.41, 5.74) is 8.31. The molecule has 0 saturated carbocycles. The molecule has 0 bridgehead atoms. The van der Waals surface area contributed by atoms with Gasteiger partial charge in [0.25, 0.3) is 10.1 Å². The van der Waals surface area contributed by atoms with E-state index in [0.717, 1.165) is 17.6 Å². The first-order chi connectivity index (χ1) is 15.3. The molecule has 0 unspecified atom stereocenters. The van der Waals surface area contributed by atoms with Crippen molar-refractivity contribution in [1.82, 2.24) is 0 Å². The topological polar surface area (TPSA) is 162 Å². The number of anilines is 1. The molecule has 11 nitrogen and oxygen atoms in total. The Morgan fingerprint density at radius 2 is 1.78 bits per heavy atom. The molecule has 0 radical (unpaired) electrons. The number of benzene rings is 2. The smallest absolute Gasteiger partial charge is 0.264 e. The van der Waals surface area contributed by atoms with Crippen LogP contribution in [0.4, 0.5) is 17.1 Å². The minimum absolute atomic E-state index is 0.0754. The van der Waals surface area contributed by atoms with Crippen LogP contribution in [0.5, 0.6) is 11.5 Å². The van der Waals surface area contributed by atoms with Crippen molar-refractivity contribution in [2.45, 2.75) is 19.8 Å². The number of nitrogen functional groups attached to an aromatic ring is 1. The summed E-state index contributed by atoms with van der Waals surface area (Å²) in [4.78, 5) is 0. The molecular formula is C19H25N3O8S2. The van der Waals surface area contributed by atoms with Crippen molar-refractivity contribution in [3.05, 3.63) is 42.0 Å². The van der Waals surface area contributed by atoms with Crippen LogP contribution in [0.25, 0.3) is 0 Å².